The van der Waals surface area contributed by atoms with Crippen molar-refractivity contribution in [3.63, 3.8) is 0 Å². The number of carbonyl (C=O) groups excluding carboxylic acids is 1. The zero-order valence-electron chi connectivity index (χ0n) is 12.7. The molecule has 2 aliphatic rings. The first-order valence-electron chi connectivity index (χ1n) is 7.58. The Hall–Kier alpha value is -2.41. The molecule has 0 fully saturated rings. The van der Waals surface area contributed by atoms with Crippen molar-refractivity contribution in [3.8, 4) is 11.5 Å². The Labute approximate surface area is 142 Å². The number of benzene rings is 2. The minimum absolute atomic E-state index is 0.188. The highest BCUT2D eigenvalue weighted by Gasteiger charge is 2.23. The molecule has 2 aromatic carbocycles. The van der Waals surface area contributed by atoms with E-state index in [1.165, 1.54) is 12.1 Å². The summed E-state index contributed by atoms with van der Waals surface area (Å²) in [6.45, 7) is 0.188. The van der Waals surface area contributed by atoms with Crippen molar-refractivity contribution >= 4 is 23.5 Å². The molecule has 0 spiro atoms. The van der Waals surface area contributed by atoms with Gasteiger partial charge in [0.2, 0.25) is 6.79 Å². The molecular formula is C17H15FN2O3S. The van der Waals surface area contributed by atoms with Gasteiger partial charge in [0.25, 0.3) is 0 Å². The van der Waals surface area contributed by atoms with Crippen LogP contribution in [0, 0.1) is 5.82 Å². The molecule has 0 saturated heterocycles. The van der Waals surface area contributed by atoms with Gasteiger partial charge in [0.05, 0.1) is 6.04 Å². The van der Waals surface area contributed by atoms with Crippen LogP contribution in [0.1, 0.15) is 18.0 Å². The topological polar surface area (TPSA) is 59.6 Å². The van der Waals surface area contributed by atoms with E-state index in [2.05, 4.69) is 10.6 Å². The van der Waals surface area contributed by atoms with Crippen LogP contribution in [0.3, 0.4) is 0 Å². The van der Waals surface area contributed by atoms with E-state index in [0.717, 1.165) is 22.6 Å². The monoisotopic (exact) mass is 346 g/mol. The molecule has 5 nitrogen and oxygen atoms in total. The molecule has 124 valence electrons. The average molecular weight is 346 g/mol. The second kappa shape index (κ2) is 6.24. The normalized spacial score (nSPS) is 18.0. The highest BCUT2D eigenvalue weighted by molar-refractivity contribution is 7.99. The van der Waals surface area contributed by atoms with Crippen molar-refractivity contribution in [2.24, 2.45) is 0 Å². The molecule has 4 rings (SSSR count). The summed E-state index contributed by atoms with van der Waals surface area (Å²) in [4.78, 5) is 13.3. The summed E-state index contributed by atoms with van der Waals surface area (Å²) >= 11 is 1.68. The summed E-state index contributed by atoms with van der Waals surface area (Å²) in [5.41, 5.74) is 1.44. The zero-order chi connectivity index (χ0) is 16.5. The third-order valence-electron chi connectivity index (χ3n) is 3.95. The molecule has 24 heavy (non-hydrogen) atoms. The molecule has 0 aromatic heterocycles. The SMILES string of the molecule is O=C(Nc1ccc2c(c1)OCO2)NC1CCSc2ccc(F)cc21. The minimum Gasteiger partial charge on any atom is -0.454 e. The molecule has 1 atom stereocenters. The van der Waals surface area contributed by atoms with Crippen LogP contribution in [0.2, 0.25) is 0 Å². The van der Waals surface area contributed by atoms with Gasteiger partial charge in [-0.2, -0.15) is 0 Å². The summed E-state index contributed by atoms with van der Waals surface area (Å²) in [5, 5.41) is 5.69. The number of amides is 2. The fraction of sp³-hybridized carbons (Fsp3) is 0.235. The minimum atomic E-state index is -0.332. The van der Waals surface area contributed by atoms with E-state index in [0.29, 0.717) is 17.2 Å². The molecule has 0 radical (unpaired) electrons. The van der Waals surface area contributed by atoms with Gasteiger partial charge < -0.3 is 20.1 Å². The number of thioether (sulfide) groups is 1. The first kappa shape index (κ1) is 15.1. The fourth-order valence-corrected chi connectivity index (χ4v) is 3.92. The molecule has 0 bridgehead atoms. The van der Waals surface area contributed by atoms with E-state index in [1.807, 2.05) is 0 Å². The number of urea groups is 1. The Morgan fingerprint density at radius 1 is 1.17 bits per heavy atom. The van der Waals surface area contributed by atoms with Crippen molar-refractivity contribution in [3.05, 3.63) is 47.8 Å². The fourth-order valence-electron chi connectivity index (χ4n) is 2.81. The van der Waals surface area contributed by atoms with Gasteiger partial charge in [0.15, 0.2) is 11.5 Å². The quantitative estimate of drug-likeness (QED) is 0.865. The number of hydrogen-bond donors (Lipinski definition) is 2. The maximum atomic E-state index is 13.5. The number of rotatable bonds is 2. The van der Waals surface area contributed by atoms with Gasteiger partial charge in [0, 0.05) is 22.4 Å². The third kappa shape index (κ3) is 2.99. The van der Waals surface area contributed by atoms with Crippen molar-refractivity contribution in [1.29, 1.82) is 0 Å². The van der Waals surface area contributed by atoms with E-state index in [4.69, 9.17) is 9.47 Å². The lowest BCUT2D eigenvalue weighted by Crippen LogP contribution is -2.34. The molecule has 1 unspecified atom stereocenters. The van der Waals surface area contributed by atoms with Crippen LogP contribution in [-0.4, -0.2) is 18.6 Å². The van der Waals surface area contributed by atoms with Crippen molar-refractivity contribution in [2.45, 2.75) is 17.4 Å². The van der Waals surface area contributed by atoms with Crippen LogP contribution < -0.4 is 20.1 Å². The summed E-state index contributed by atoms with van der Waals surface area (Å²) < 4.78 is 24.0. The largest absolute Gasteiger partial charge is 0.454 e. The number of fused-ring (bicyclic) bond motifs is 2. The third-order valence-corrected chi connectivity index (χ3v) is 5.07. The molecule has 0 saturated carbocycles. The van der Waals surface area contributed by atoms with E-state index in [-0.39, 0.29) is 24.7 Å². The predicted molar refractivity (Wildman–Crippen MR) is 89.2 cm³/mol. The lowest BCUT2D eigenvalue weighted by atomic mass is 10.0. The second-order valence-electron chi connectivity index (χ2n) is 5.54. The Morgan fingerprint density at radius 2 is 2.04 bits per heavy atom. The van der Waals surface area contributed by atoms with Crippen LogP contribution in [0.5, 0.6) is 11.5 Å². The van der Waals surface area contributed by atoms with Crippen LogP contribution in [-0.2, 0) is 0 Å². The van der Waals surface area contributed by atoms with E-state index >= 15 is 0 Å². The zero-order valence-corrected chi connectivity index (χ0v) is 13.5. The van der Waals surface area contributed by atoms with Crippen molar-refractivity contribution in [1.82, 2.24) is 5.32 Å². The molecule has 0 aliphatic carbocycles. The maximum Gasteiger partial charge on any atom is 0.319 e. The number of anilines is 1. The smallest absolute Gasteiger partial charge is 0.319 e. The van der Waals surface area contributed by atoms with E-state index < -0.39 is 0 Å². The van der Waals surface area contributed by atoms with Crippen LogP contribution in [0.4, 0.5) is 14.9 Å². The number of halogens is 1. The van der Waals surface area contributed by atoms with E-state index in [9.17, 15) is 9.18 Å². The first-order valence-corrected chi connectivity index (χ1v) is 8.57. The van der Waals surface area contributed by atoms with Crippen LogP contribution >= 0.6 is 11.8 Å². The Morgan fingerprint density at radius 3 is 2.96 bits per heavy atom. The van der Waals surface area contributed by atoms with Gasteiger partial charge in [0.1, 0.15) is 5.82 Å². The van der Waals surface area contributed by atoms with Crippen LogP contribution in [0.25, 0.3) is 0 Å². The summed E-state index contributed by atoms with van der Waals surface area (Å²) in [5.74, 6) is 1.86. The van der Waals surface area contributed by atoms with Gasteiger partial charge in [-0.1, -0.05) is 0 Å². The molecule has 2 aliphatic heterocycles. The van der Waals surface area contributed by atoms with Crippen molar-refractivity contribution in [2.75, 3.05) is 17.9 Å². The maximum absolute atomic E-state index is 13.5. The highest BCUT2D eigenvalue weighted by atomic mass is 32.2. The number of carbonyl (C=O) groups is 1. The number of hydrogen-bond acceptors (Lipinski definition) is 4. The first-order chi connectivity index (χ1) is 11.7. The standard InChI is InChI=1S/C17H15FN2O3S/c18-10-1-4-16-12(7-10)13(5-6-24-16)20-17(21)19-11-2-3-14-15(8-11)23-9-22-14/h1-4,7-8,13H,5-6,9H2,(H2,19,20,21). The Bertz CT molecular complexity index is 799. The molecule has 2 heterocycles. The summed E-state index contributed by atoms with van der Waals surface area (Å²) in [6, 6.07) is 9.38. The lowest BCUT2D eigenvalue weighted by molar-refractivity contribution is 0.174. The van der Waals surface area contributed by atoms with Gasteiger partial charge >= 0.3 is 6.03 Å². The molecule has 7 heteroatoms. The van der Waals surface area contributed by atoms with Crippen LogP contribution in [0.15, 0.2) is 41.3 Å². The highest BCUT2D eigenvalue weighted by Crippen LogP contribution is 2.37. The van der Waals surface area contributed by atoms with E-state index in [1.54, 1.807) is 36.0 Å². The lowest BCUT2D eigenvalue weighted by Gasteiger charge is -2.26. The second-order valence-corrected chi connectivity index (χ2v) is 6.68. The van der Waals surface area contributed by atoms with Crippen molar-refractivity contribution < 1.29 is 18.7 Å². The number of nitrogens with one attached hydrogen (secondary N) is 2. The Kier molecular flexibility index (Phi) is 3.93. The van der Waals surface area contributed by atoms with Gasteiger partial charge in [-0.15, -0.1) is 11.8 Å². The van der Waals surface area contributed by atoms with Gasteiger partial charge in [-0.05, 0) is 42.3 Å². The summed E-state index contributed by atoms with van der Waals surface area (Å²) in [7, 11) is 0. The molecule has 2 N–H and O–H groups in total. The Balaban J connectivity index is 1.46. The average Bonchev–Trinajstić information content (AvgIpc) is 3.03. The predicted octanol–water partition coefficient (Wildman–Crippen LogP) is 3.91. The summed E-state index contributed by atoms with van der Waals surface area (Å²) in [6.07, 6.45) is 0.760. The molecular weight excluding hydrogens is 331 g/mol. The molecule has 2 amide bonds. The van der Waals surface area contributed by atoms with Gasteiger partial charge in [-0.25, -0.2) is 9.18 Å². The van der Waals surface area contributed by atoms with Gasteiger partial charge in [-0.3, -0.25) is 0 Å². The number of ether oxygens (including phenoxy) is 2. The molecule has 2 aromatic rings.